The summed E-state index contributed by atoms with van der Waals surface area (Å²) in [7, 11) is -3.41. The first-order chi connectivity index (χ1) is 7.83. The lowest BCUT2D eigenvalue weighted by Gasteiger charge is -2.33. The Morgan fingerprint density at radius 2 is 1.88 bits per heavy atom. The highest BCUT2D eigenvalue weighted by Gasteiger charge is 2.36. The second kappa shape index (κ2) is 3.99. The molecule has 0 spiro atoms. The number of sulfonamides is 1. The average molecular weight is 254 g/mol. The van der Waals surface area contributed by atoms with Gasteiger partial charge >= 0.3 is 0 Å². The molecule has 0 saturated carbocycles. The molecular formula is C12H18N2O2S. The van der Waals surface area contributed by atoms with E-state index in [2.05, 4.69) is 5.32 Å². The molecule has 1 aliphatic rings. The second-order valence-corrected chi connectivity index (χ2v) is 7.00. The van der Waals surface area contributed by atoms with Gasteiger partial charge in [-0.2, -0.15) is 4.31 Å². The third-order valence-corrected chi connectivity index (χ3v) is 5.06. The van der Waals surface area contributed by atoms with Crippen molar-refractivity contribution >= 4 is 15.7 Å². The minimum atomic E-state index is -3.41. The molecule has 0 aliphatic carbocycles. The number of nitrogens with one attached hydrogen (secondary N) is 1. The van der Waals surface area contributed by atoms with E-state index in [0.29, 0.717) is 23.7 Å². The van der Waals surface area contributed by atoms with Crippen LogP contribution in [0, 0.1) is 0 Å². The standard InChI is InChI=1S/C12H18N2O2S/c1-12(2,3)14-9-8-13-10-6-4-5-7-11(10)17(14,15)16/h4-7,13H,8-9H2,1-3H3. The minimum absolute atomic E-state index is 0.368. The summed E-state index contributed by atoms with van der Waals surface area (Å²) in [6.45, 7) is 6.86. The Morgan fingerprint density at radius 3 is 2.53 bits per heavy atom. The van der Waals surface area contributed by atoms with Gasteiger partial charge in [0.25, 0.3) is 0 Å². The third kappa shape index (κ3) is 2.17. The van der Waals surface area contributed by atoms with Gasteiger partial charge < -0.3 is 5.32 Å². The maximum Gasteiger partial charge on any atom is 0.245 e. The van der Waals surface area contributed by atoms with Crippen molar-refractivity contribution in [2.75, 3.05) is 18.4 Å². The van der Waals surface area contributed by atoms with Gasteiger partial charge in [0.1, 0.15) is 4.90 Å². The van der Waals surface area contributed by atoms with E-state index in [-0.39, 0.29) is 0 Å². The second-order valence-electron chi connectivity index (χ2n) is 5.17. The molecule has 0 bridgehead atoms. The average Bonchev–Trinajstić information content (AvgIpc) is 2.35. The van der Waals surface area contributed by atoms with Gasteiger partial charge in [-0.3, -0.25) is 0 Å². The highest BCUT2D eigenvalue weighted by atomic mass is 32.2. The Bertz CT molecular complexity index is 518. The van der Waals surface area contributed by atoms with Gasteiger partial charge in [-0.25, -0.2) is 8.42 Å². The number of nitrogens with zero attached hydrogens (tertiary/aromatic N) is 1. The number of para-hydroxylation sites is 1. The van der Waals surface area contributed by atoms with Crippen LogP contribution in [-0.4, -0.2) is 31.4 Å². The quantitative estimate of drug-likeness (QED) is 0.769. The van der Waals surface area contributed by atoms with Crippen LogP contribution in [-0.2, 0) is 10.0 Å². The van der Waals surface area contributed by atoms with Crippen molar-refractivity contribution in [1.82, 2.24) is 4.31 Å². The summed E-state index contributed by atoms with van der Waals surface area (Å²) in [6.07, 6.45) is 0. The monoisotopic (exact) mass is 254 g/mol. The van der Waals surface area contributed by atoms with Crippen molar-refractivity contribution in [2.24, 2.45) is 0 Å². The van der Waals surface area contributed by atoms with E-state index in [9.17, 15) is 8.42 Å². The molecule has 1 heterocycles. The van der Waals surface area contributed by atoms with E-state index in [1.165, 1.54) is 0 Å². The van der Waals surface area contributed by atoms with Gasteiger partial charge in [0.15, 0.2) is 0 Å². The van der Waals surface area contributed by atoms with E-state index >= 15 is 0 Å². The van der Waals surface area contributed by atoms with Crippen molar-refractivity contribution in [3.63, 3.8) is 0 Å². The molecule has 5 heteroatoms. The van der Waals surface area contributed by atoms with Crippen LogP contribution < -0.4 is 5.32 Å². The van der Waals surface area contributed by atoms with Crippen LogP contribution in [0.2, 0.25) is 0 Å². The molecule has 1 aromatic carbocycles. The van der Waals surface area contributed by atoms with Crippen LogP contribution in [0.15, 0.2) is 29.2 Å². The van der Waals surface area contributed by atoms with Crippen molar-refractivity contribution in [3.05, 3.63) is 24.3 Å². The number of hydrogen-bond acceptors (Lipinski definition) is 3. The van der Waals surface area contributed by atoms with E-state index in [0.717, 1.165) is 0 Å². The first-order valence-corrected chi connectivity index (χ1v) is 7.13. The molecular weight excluding hydrogens is 236 g/mol. The van der Waals surface area contributed by atoms with Gasteiger partial charge in [-0.1, -0.05) is 12.1 Å². The highest BCUT2D eigenvalue weighted by Crippen LogP contribution is 2.30. The van der Waals surface area contributed by atoms with Crippen LogP contribution in [0.4, 0.5) is 5.69 Å². The first-order valence-electron chi connectivity index (χ1n) is 5.69. The molecule has 0 aromatic heterocycles. The van der Waals surface area contributed by atoms with E-state index < -0.39 is 15.6 Å². The lowest BCUT2D eigenvalue weighted by atomic mass is 10.1. The molecule has 1 aliphatic heterocycles. The van der Waals surface area contributed by atoms with Gasteiger partial charge in [-0.15, -0.1) is 0 Å². The largest absolute Gasteiger partial charge is 0.383 e. The zero-order chi connectivity index (χ0) is 12.7. The Kier molecular flexibility index (Phi) is 2.91. The molecule has 0 amide bonds. The predicted molar refractivity (Wildman–Crippen MR) is 68.6 cm³/mol. The van der Waals surface area contributed by atoms with Crippen LogP contribution in [0.1, 0.15) is 20.8 Å². The fourth-order valence-corrected chi connectivity index (χ4v) is 4.02. The molecule has 0 radical (unpaired) electrons. The lowest BCUT2D eigenvalue weighted by molar-refractivity contribution is 0.258. The SMILES string of the molecule is CC(C)(C)N1CCNc2ccccc2S1(=O)=O. The number of anilines is 1. The van der Waals surface area contributed by atoms with Crippen molar-refractivity contribution in [2.45, 2.75) is 31.2 Å². The van der Waals surface area contributed by atoms with Gasteiger partial charge in [0.05, 0.1) is 5.69 Å². The maximum atomic E-state index is 12.6. The fourth-order valence-electron chi connectivity index (χ4n) is 2.06. The molecule has 2 rings (SSSR count). The molecule has 0 unspecified atom stereocenters. The first kappa shape index (κ1) is 12.4. The summed E-state index contributed by atoms with van der Waals surface area (Å²) in [6, 6.07) is 7.05. The van der Waals surface area contributed by atoms with Gasteiger partial charge in [0.2, 0.25) is 10.0 Å². The van der Waals surface area contributed by atoms with Crippen molar-refractivity contribution < 1.29 is 8.42 Å². The van der Waals surface area contributed by atoms with Crippen LogP contribution in [0.3, 0.4) is 0 Å². The summed E-state index contributed by atoms with van der Waals surface area (Å²) < 4.78 is 26.7. The zero-order valence-corrected chi connectivity index (χ0v) is 11.2. The number of benzene rings is 1. The van der Waals surface area contributed by atoms with Crippen molar-refractivity contribution in [1.29, 1.82) is 0 Å². The molecule has 4 nitrogen and oxygen atoms in total. The van der Waals surface area contributed by atoms with E-state index in [4.69, 9.17) is 0 Å². The summed E-state index contributed by atoms with van der Waals surface area (Å²) >= 11 is 0. The van der Waals surface area contributed by atoms with Crippen molar-refractivity contribution in [3.8, 4) is 0 Å². The lowest BCUT2D eigenvalue weighted by Crippen LogP contribution is -2.46. The summed E-state index contributed by atoms with van der Waals surface area (Å²) in [4.78, 5) is 0.368. The molecule has 1 N–H and O–H groups in total. The topological polar surface area (TPSA) is 49.4 Å². The number of fused-ring (bicyclic) bond motifs is 1. The predicted octanol–water partition coefficient (Wildman–Crippen LogP) is 1.90. The Morgan fingerprint density at radius 1 is 1.24 bits per heavy atom. The molecule has 0 saturated heterocycles. The smallest absolute Gasteiger partial charge is 0.245 e. The maximum absolute atomic E-state index is 12.6. The Labute approximate surface area is 103 Å². The highest BCUT2D eigenvalue weighted by molar-refractivity contribution is 7.89. The summed E-state index contributed by atoms with van der Waals surface area (Å²) in [5, 5.41) is 3.16. The molecule has 0 fully saturated rings. The van der Waals surface area contributed by atoms with E-state index in [1.54, 1.807) is 22.5 Å². The summed E-state index contributed by atoms with van der Waals surface area (Å²) in [5.41, 5.74) is 0.289. The molecule has 1 aromatic rings. The van der Waals surface area contributed by atoms with E-state index in [1.807, 2.05) is 26.8 Å². The molecule has 0 atom stereocenters. The van der Waals surface area contributed by atoms with Crippen LogP contribution >= 0.6 is 0 Å². The number of rotatable bonds is 0. The van der Waals surface area contributed by atoms with Gasteiger partial charge in [0, 0.05) is 18.6 Å². The normalized spacial score (nSPS) is 20.2. The fraction of sp³-hybridized carbons (Fsp3) is 0.500. The zero-order valence-electron chi connectivity index (χ0n) is 10.4. The Hall–Kier alpha value is -1.07. The molecule has 17 heavy (non-hydrogen) atoms. The summed E-state index contributed by atoms with van der Waals surface area (Å²) in [5.74, 6) is 0. The minimum Gasteiger partial charge on any atom is -0.383 e. The third-order valence-electron chi connectivity index (χ3n) is 2.83. The number of hydrogen-bond donors (Lipinski definition) is 1. The molecule has 94 valence electrons. The van der Waals surface area contributed by atoms with Crippen LogP contribution in [0.25, 0.3) is 0 Å². The van der Waals surface area contributed by atoms with Crippen LogP contribution in [0.5, 0.6) is 0 Å². The Balaban J connectivity index is 2.59. The van der Waals surface area contributed by atoms with Gasteiger partial charge in [-0.05, 0) is 32.9 Å².